The maximum atomic E-state index is 12.9. The van der Waals surface area contributed by atoms with Crippen LogP contribution in [-0.4, -0.2) is 53.9 Å². The predicted octanol–water partition coefficient (Wildman–Crippen LogP) is 5.24. The van der Waals surface area contributed by atoms with Gasteiger partial charge in [0.15, 0.2) is 0 Å². The van der Waals surface area contributed by atoms with Gasteiger partial charge in [0, 0.05) is 48.8 Å². The van der Waals surface area contributed by atoms with Gasteiger partial charge in [-0.15, -0.1) is 0 Å². The van der Waals surface area contributed by atoms with Crippen molar-refractivity contribution in [3.8, 4) is 5.75 Å². The number of rotatable bonds is 6. The number of hydrogen-bond donors (Lipinski definition) is 0. The highest BCUT2D eigenvalue weighted by atomic mass is 16.5. The summed E-state index contributed by atoms with van der Waals surface area (Å²) in [7, 11) is 0. The van der Waals surface area contributed by atoms with Gasteiger partial charge in [0.2, 0.25) is 0 Å². The van der Waals surface area contributed by atoms with Gasteiger partial charge >= 0.3 is 0 Å². The molecule has 0 saturated carbocycles. The van der Waals surface area contributed by atoms with Gasteiger partial charge in [-0.05, 0) is 69.7 Å². The van der Waals surface area contributed by atoms with E-state index in [0.29, 0.717) is 5.56 Å². The third-order valence-electron chi connectivity index (χ3n) is 7.03. The van der Waals surface area contributed by atoms with E-state index in [1.165, 1.54) is 5.57 Å². The molecule has 0 N–H and O–H groups in total. The third kappa shape index (κ3) is 4.92. The van der Waals surface area contributed by atoms with E-state index in [4.69, 9.17) is 4.74 Å². The van der Waals surface area contributed by atoms with Crippen molar-refractivity contribution in [1.82, 2.24) is 9.80 Å². The molecule has 5 heteroatoms. The van der Waals surface area contributed by atoms with Crippen LogP contribution in [0.2, 0.25) is 0 Å². The Balaban J connectivity index is 1.59. The second-order valence-electron chi connectivity index (χ2n) is 9.08. The average Bonchev–Trinajstić information content (AvgIpc) is 3.27. The highest BCUT2D eigenvalue weighted by molar-refractivity contribution is 5.97. The zero-order valence-electron chi connectivity index (χ0n) is 20.2. The molecular formula is C28H36N2O3. The first-order chi connectivity index (χ1) is 16.0. The second-order valence-corrected chi connectivity index (χ2v) is 9.08. The van der Waals surface area contributed by atoms with E-state index in [1.807, 2.05) is 47.9 Å². The Hall–Kier alpha value is -2.82. The van der Waals surface area contributed by atoms with Crippen LogP contribution in [0.3, 0.4) is 0 Å². The number of likely N-dealkylation sites (N-methyl/N-ethyl adjacent to an activating group) is 1. The molecule has 2 atom stereocenters. The third-order valence-corrected chi connectivity index (χ3v) is 7.03. The van der Waals surface area contributed by atoms with Crippen LogP contribution in [0.15, 0.2) is 48.1 Å². The van der Waals surface area contributed by atoms with E-state index in [0.717, 1.165) is 75.2 Å². The first kappa shape index (κ1) is 23.3. The highest BCUT2D eigenvalue weighted by Crippen LogP contribution is 2.40. The van der Waals surface area contributed by atoms with E-state index < -0.39 is 0 Å². The Morgan fingerprint density at radius 1 is 1.12 bits per heavy atom. The van der Waals surface area contributed by atoms with E-state index in [1.54, 1.807) is 0 Å². The van der Waals surface area contributed by atoms with Gasteiger partial charge in [-0.25, -0.2) is 0 Å². The lowest BCUT2D eigenvalue weighted by atomic mass is 9.85. The molecule has 33 heavy (non-hydrogen) atoms. The van der Waals surface area contributed by atoms with Crippen molar-refractivity contribution in [2.45, 2.75) is 59.0 Å². The van der Waals surface area contributed by atoms with Gasteiger partial charge < -0.3 is 14.5 Å². The van der Waals surface area contributed by atoms with Gasteiger partial charge in [-0.2, -0.15) is 0 Å². The maximum Gasteiger partial charge on any atom is 0.253 e. The monoisotopic (exact) mass is 448 g/mol. The molecule has 0 bridgehead atoms. The quantitative estimate of drug-likeness (QED) is 0.598. The van der Waals surface area contributed by atoms with Crippen LogP contribution >= 0.6 is 0 Å². The fourth-order valence-corrected chi connectivity index (χ4v) is 5.02. The first-order valence-corrected chi connectivity index (χ1v) is 12.5. The van der Waals surface area contributed by atoms with Crippen LogP contribution in [0, 0.1) is 5.92 Å². The van der Waals surface area contributed by atoms with Crippen molar-refractivity contribution in [2.75, 3.05) is 26.2 Å². The summed E-state index contributed by atoms with van der Waals surface area (Å²) < 4.78 is 6.26. The minimum absolute atomic E-state index is 0.00831. The topological polar surface area (TPSA) is 49.9 Å². The molecule has 1 fully saturated rings. The zero-order chi connectivity index (χ0) is 23.4. The number of hydrogen-bond acceptors (Lipinski definition) is 3. The summed E-state index contributed by atoms with van der Waals surface area (Å²) in [6, 6.07) is 5.92. The molecule has 176 valence electrons. The summed E-state index contributed by atoms with van der Waals surface area (Å²) in [5.74, 6) is 1.21. The van der Waals surface area contributed by atoms with Crippen molar-refractivity contribution < 1.29 is 14.3 Å². The van der Waals surface area contributed by atoms with Crippen LogP contribution < -0.4 is 4.74 Å². The molecule has 4 rings (SSSR count). The number of amides is 2. The average molecular weight is 449 g/mol. The van der Waals surface area contributed by atoms with Crippen molar-refractivity contribution >= 4 is 17.4 Å². The van der Waals surface area contributed by atoms with E-state index in [2.05, 4.69) is 25.2 Å². The number of carbonyl (C=O) groups is 2. The van der Waals surface area contributed by atoms with Gasteiger partial charge in [-0.1, -0.05) is 31.2 Å². The zero-order valence-corrected chi connectivity index (χ0v) is 20.2. The molecule has 2 aliphatic heterocycles. The molecule has 0 spiro atoms. The minimum Gasteiger partial charge on any atom is -0.486 e. The lowest BCUT2D eigenvalue weighted by Crippen LogP contribution is -2.31. The van der Waals surface area contributed by atoms with Crippen molar-refractivity contribution in [2.24, 2.45) is 5.92 Å². The van der Waals surface area contributed by atoms with Crippen LogP contribution in [0.5, 0.6) is 5.75 Å². The molecule has 3 aliphatic rings. The molecule has 1 aliphatic carbocycles. The molecule has 1 saturated heterocycles. The largest absolute Gasteiger partial charge is 0.486 e. The second kappa shape index (κ2) is 10.4. The number of carbonyl (C=O) groups excluding carboxylic acids is 2. The number of allylic oxidation sites excluding steroid dienone is 3. The number of nitrogens with zero attached hydrogens (tertiary/aromatic N) is 2. The number of likely N-dealkylation sites (tertiary alicyclic amines) is 1. The SMILES string of the molecule is CCC1C=C(C2C=CC(C(=O)N(CC)CC)=CCC2)c2ccc(C(=O)N3CCCC3)cc2O1. The Morgan fingerprint density at radius 2 is 1.88 bits per heavy atom. The Morgan fingerprint density at radius 3 is 2.58 bits per heavy atom. The molecule has 0 aromatic heterocycles. The Kier molecular flexibility index (Phi) is 7.36. The summed E-state index contributed by atoms with van der Waals surface area (Å²) in [4.78, 5) is 29.6. The normalized spacial score (nSPS) is 22.1. The standard InChI is InChI=1S/C28H36N2O3/c1-4-23-19-25(20-10-9-11-21(13-12-20)27(31)29(5-2)6-3)24-15-14-22(18-26(24)33-23)28(32)30-16-7-8-17-30/h11-15,18-20,23H,4-10,16-17H2,1-3H3. The summed E-state index contributed by atoms with van der Waals surface area (Å²) >= 11 is 0. The molecule has 2 heterocycles. The number of ether oxygens (including phenoxy) is 1. The highest BCUT2D eigenvalue weighted by Gasteiger charge is 2.27. The fourth-order valence-electron chi connectivity index (χ4n) is 5.02. The molecule has 5 nitrogen and oxygen atoms in total. The number of benzene rings is 1. The summed E-state index contributed by atoms with van der Waals surface area (Å²) in [6.07, 6.45) is 13.3. The Labute approximate surface area is 197 Å². The van der Waals surface area contributed by atoms with Gasteiger partial charge in [-0.3, -0.25) is 9.59 Å². The lowest BCUT2D eigenvalue weighted by Gasteiger charge is -2.29. The minimum atomic E-state index is -0.00831. The fraction of sp³-hybridized carbons (Fsp3) is 0.500. The Bertz CT molecular complexity index is 981. The van der Waals surface area contributed by atoms with Crippen LogP contribution in [0.1, 0.15) is 68.8 Å². The van der Waals surface area contributed by atoms with Crippen molar-refractivity contribution in [3.63, 3.8) is 0 Å². The van der Waals surface area contributed by atoms with Crippen LogP contribution in [-0.2, 0) is 4.79 Å². The van der Waals surface area contributed by atoms with Gasteiger partial charge in [0.1, 0.15) is 11.9 Å². The predicted molar refractivity (Wildman–Crippen MR) is 132 cm³/mol. The van der Waals surface area contributed by atoms with E-state index >= 15 is 0 Å². The first-order valence-electron chi connectivity index (χ1n) is 12.5. The van der Waals surface area contributed by atoms with Crippen LogP contribution in [0.25, 0.3) is 5.57 Å². The van der Waals surface area contributed by atoms with Gasteiger partial charge in [0.25, 0.3) is 11.8 Å². The van der Waals surface area contributed by atoms with E-state index in [-0.39, 0.29) is 23.8 Å². The lowest BCUT2D eigenvalue weighted by molar-refractivity contribution is -0.126. The van der Waals surface area contributed by atoms with E-state index in [9.17, 15) is 9.59 Å². The molecule has 2 unspecified atom stereocenters. The van der Waals surface area contributed by atoms with Crippen LogP contribution in [0.4, 0.5) is 0 Å². The summed E-state index contributed by atoms with van der Waals surface area (Å²) in [5, 5.41) is 0. The molecular weight excluding hydrogens is 412 g/mol. The van der Waals surface area contributed by atoms with Crippen molar-refractivity contribution in [1.29, 1.82) is 0 Å². The molecule has 2 amide bonds. The smallest absolute Gasteiger partial charge is 0.253 e. The number of fused-ring (bicyclic) bond motifs is 1. The molecule has 1 aromatic rings. The summed E-state index contributed by atoms with van der Waals surface area (Å²) in [5.41, 5.74) is 3.79. The molecule has 0 radical (unpaired) electrons. The summed E-state index contributed by atoms with van der Waals surface area (Å²) in [6.45, 7) is 9.27. The van der Waals surface area contributed by atoms with Gasteiger partial charge in [0.05, 0.1) is 0 Å². The molecule has 1 aromatic carbocycles. The van der Waals surface area contributed by atoms with Crippen molar-refractivity contribution in [3.05, 3.63) is 59.2 Å². The maximum absolute atomic E-state index is 12.9.